The SMILES string of the molecule is Cc1ccc([C@@H](C)n2cncc2C(=O)OC(C)C)cc1. The average molecular weight is 272 g/mol. The summed E-state index contributed by atoms with van der Waals surface area (Å²) in [7, 11) is 0. The van der Waals surface area contributed by atoms with Crippen LogP contribution in [0.15, 0.2) is 36.8 Å². The molecule has 0 saturated heterocycles. The second-order valence-corrected chi connectivity index (χ2v) is 5.23. The smallest absolute Gasteiger partial charge is 0.356 e. The molecule has 0 saturated carbocycles. The summed E-state index contributed by atoms with van der Waals surface area (Å²) >= 11 is 0. The summed E-state index contributed by atoms with van der Waals surface area (Å²) in [6.45, 7) is 7.76. The van der Waals surface area contributed by atoms with Gasteiger partial charge in [0.2, 0.25) is 0 Å². The molecular formula is C16H20N2O2. The minimum atomic E-state index is -0.337. The molecule has 2 rings (SSSR count). The van der Waals surface area contributed by atoms with Gasteiger partial charge in [0.05, 0.1) is 24.7 Å². The minimum absolute atomic E-state index is 0.0350. The maximum Gasteiger partial charge on any atom is 0.356 e. The summed E-state index contributed by atoms with van der Waals surface area (Å²) in [5.41, 5.74) is 2.82. The number of carbonyl (C=O) groups excluding carboxylic acids is 1. The number of aryl methyl sites for hydroxylation is 1. The number of aromatic nitrogens is 2. The maximum absolute atomic E-state index is 12.0. The first kappa shape index (κ1) is 14.3. The Morgan fingerprint density at radius 3 is 2.45 bits per heavy atom. The molecule has 0 aliphatic heterocycles. The van der Waals surface area contributed by atoms with Gasteiger partial charge >= 0.3 is 5.97 Å². The standard InChI is InChI=1S/C16H20N2O2/c1-11(2)20-16(19)15-9-17-10-18(15)13(4)14-7-5-12(3)6-8-14/h5-11,13H,1-4H3/t13-/m1/s1. The van der Waals surface area contributed by atoms with Crippen molar-refractivity contribution >= 4 is 5.97 Å². The van der Waals surface area contributed by atoms with E-state index < -0.39 is 0 Å². The van der Waals surface area contributed by atoms with Crippen molar-refractivity contribution in [2.24, 2.45) is 0 Å². The molecule has 0 bridgehead atoms. The summed E-state index contributed by atoms with van der Waals surface area (Å²) < 4.78 is 7.08. The molecular weight excluding hydrogens is 252 g/mol. The fourth-order valence-corrected chi connectivity index (χ4v) is 2.05. The van der Waals surface area contributed by atoms with Gasteiger partial charge in [-0.1, -0.05) is 29.8 Å². The van der Waals surface area contributed by atoms with Crippen molar-refractivity contribution in [2.75, 3.05) is 0 Å². The van der Waals surface area contributed by atoms with Gasteiger partial charge < -0.3 is 9.30 Å². The van der Waals surface area contributed by atoms with Crippen LogP contribution in [0.3, 0.4) is 0 Å². The molecule has 0 aliphatic carbocycles. The molecule has 4 nitrogen and oxygen atoms in total. The Hall–Kier alpha value is -2.10. The predicted octanol–water partition coefficient (Wildman–Crippen LogP) is 3.37. The molecule has 0 radical (unpaired) electrons. The van der Waals surface area contributed by atoms with E-state index in [2.05, 4.69) is 36.2 Å². The highest BCUT2D eigenvalue weighted by Gasteiger charge is 2.18. The molecule has 1 heterocycles. The van der Waals surface area contributed by atoms with Crippen LogP contribution in [-0.2, 0) is 4.74 Å². The fraction of sp³-hybridized carbons (Fsp3) is 0.375. The van der Waals surface area contributed by atoms with E-state index in [0.29, 0.717) is 5.69 Å². The van der Waals surface area contributed by atoms with Gasteiger partial charge in [-0.2, -0.15) is 0 Å². The van der Waals surface area contributed by atoms with E-state index in [4.69, 9.17) is 4.74 Å². The predicted molar refractivity (Wildman–Crippen MR) is 77.8 cm³/mol. The number of rotatable bonds is 4. The Kier molecular flexibility index (Phi) is 4.23. The highest BCUT2D eigenvalue weighted by atomic mass is 16.5. The van der Waals surface area contributed by atoms with Gasteiger partial charge in [0, 0.05) is 0 Å². The summed E-state index contributed by atoms with van der Waals surface area (Å²) in [6.07, 6.45) is 3.08. The van der Waals surface area contributed by atoms with Crippen LogP contribution in [0.25, 0.3) is 0 Å². The molecule has 2 aromatic rings. The Morgan fingerprint density at radius 2 is 1.85 bits per heavy atom. The topological polar surface area (TPSA) is 44.1 Å². The third-order valence-corrected chi connectivity index (χ3v) is 3.19. The third kappa shape index (κ3) is 3.07. The van der Waals surface area contributed by atoms with E-state index in [1.807, 2.05) is 25.3 Å². The normalized spacial score (nSPS) is 12.4. The van der Waals surface area contributed by atoms with Crippen LogP contribution in [-0.4, -0.2) is 21.6 Å². The van der Waals surface area contributed by atoms with Crippen LogP contribution in [0.5, 0.6) is 0 Å². The van der Waals surface area contributed by atoms with E-state index in [1.54, 1.807) is 12.5 Å². The van der Waals surface area contributed by atoms with Crippen LogP contribution >= 0.6 is 0 Å². The number of imidazole rings is 1. The molecule has 4 heteroatoms. The summed E-state index contributed by atoms with van der Waals surface area (Å²) in [5.74, 6) is -0.337. The molecule has 20 heavy (non-hydrogen) atoms. The number of benzene rings is 1. The van der Waals surface area contributed by atoms with Gasteiger partial charge in [0.15, 0.2) is 0 Å². The van der Waals surface area contributed by atoms with Gasteiger partial charge in [-0.25, -0.2) is 9.78 Å². The zero-order chi connectivity index (χ0) is 14.7. The lowest BCUT2D eigenvalue weighted by Gasteiger charge is -2.17. The van der Waals surface area contributed by atoms with Gasteiger partial charge in [0.1, 0.15) is 5.69 Å². The molecule has 0 unspecified atom stereocenters. The zero-order valence-electron chi connectivity index (χ0n) is 12.3. The second kappa shape index (κ2) is 5.90. The third-order valence-electron chi connectivity index (χ3n) is 3.19. The molecule has 0 amide bonds. The van der Waals surface area contributed by atoms with Gasteiger partial charge in [-0.3, -0.25) is 0 Å². The maximum atomic E-state index is 12.0. The highest BCUT2D eigenvalue weighted by molar-refractivity contribution is 5.87. The molecule has 106 valence electrons. The summed E-state index contributed by atoms with van der Waals surface area (Å²) in [6, 6.07) is 8.30. The molecule has 0 N–H and O–H groups in total. The van der Waals surface area contributed by atoms with Crippen molar-refractivity contribution in [1.29, 1.82) is 0 Å². The van der Waals surface area contributed by atoms with Crippen LogP contribution < -0.4 is 0 Å². The van der Waals surface area contributed by atoms with Crippen LogP contribution in [0.1, 0.15) is 48.4 Å². The molecule has 1 atom stereocenters. The average Bonchev–Trinajstić information content (AvgIpc) is 2.87. The number of carbonyl (C=O) groups is 1. The van der Waals surface area contributed by atoms with E-state index in [0.717, 1.165) is 5.56 Å². The number of hydrogen-bond acceptors (Lipinski definition) is 3. The van der Waals surface area contributed by atoms with Gasteiger partial charge in [-0.15, -0.1) is 0 Å². The van der Waals surface area contributed by atoms with Crippen molar-refractivity contribution < 1.29 is 9.53 Å². The largest absolute Gasteiger partial charge is 0.458 e. The van der Waals surface area contributed by atoms with Crippen molar-refractivity contribution in [1.82, 2.24) is 9.55 Å². The van der Waals surface area contributed by atoms with Crippen LogP contribution in [0.4, 0.5) is 0 Å². The van der Waals surface area contributed by atoms with Crippen LogP contribution in [0.2, 0.25) is 0 Å². The van der Waals surface area contributed by atoms with E-state index >= 15 is 0 Å². The molecule has 1 aromatic heterocycles. The molecule has 0 fully saturated rings. The van der Waals surface area contributed by atoms with Gasteiger partial charge in [0.25, 0.3) is 0 Å². The minimum Gasteiger partial charge on any atom is -0.458 e. The highest BCUT2D eigenvalue weighted by Crippen LogP contribution is 2.20. The van der Waals surface area contributed by atoms with E-state index in [-0.39, 0.29) is 18.1 Å². The van der Waals surface area contributed by atoms with E-state index in [1.165, 1.54) is 5.56 Å². The van der Waals surface area contributed by atoms with Crippen LogP contribution in [0, 0.1) is 6.92 Å². The van der Waals surface area contributed by atoms with Crippen molar-refractivity contribution in [3.05, 3.63) is 53.6 Å². The second-order valence-electron chi connectivity index (χ2n) is 5.23. The summed E-state index contributed by atoms with van der Waals surface area (Å²) in [4.78, 5) is 16.1. The zero-order valence-corrected chi connectivity index (χ0v) is 12.3. The fourth-order valence-electron chi connectivity index (χ4n) is 2.05. The Balaban J connectivity index is 2.27. The lowest BCUT2D eigenvalue weighted by Crippen LogP contribution is -2.18. The lowest BCUT2D eigenvalue weighted by molar-refractivity contribution is 0.0364. The Bertz CT molecular complexity index is 585. The summed E-state index contributed by atoms with van der Waals surface area (Å²) in [5, 5.41) is 0. The van der Waals surface area contributed by atoms with E-state index in [9.17, 15) is 4.79 Å². The quantitative estimate of drug-likeness (QED) is 0.802. The van der Waals surface area contributed by atoms with Crippen molar-refractivity contribution in [2.45, 2.75) is 39.8 Å². The van der Waals surface area contributed by atoms with Crippen molar-refractivity contribution in [3.63, 3.8) is 0 Å². The molecule has 0 spiro atoms. The number of hydrogen-bond donors (Lipinski definition) is 0. The first-order valence-electron chi connectivity index (χ1n) is 6.78. The lowest BCUT2D eigenvalue weighted by atomic mass is 10.1. The number of nitrogens with zero attached hydrogens (tertiary/aromatic N) is 2. The first-order valence-corrected chi connectivity index (χ1v) is 6.78. The number of ether oxygens (including phenoxy) is 1. The molecule has 1 aromatic carbocycles. The van der Waals surface area contributed by atoms with Gasteiger partial charge in [-0.05, 0) is 33.3 Å². The first-order chi connectivity index (χ1) is 9.49. The molecule has 0 aliphatic rings. The van der Waals surface area contributed by atoms with Crippen molar-refractivity contribution in [3.8, 4) is 0 Å². The Labute approximate surface area is 119 Å². The number of esters is 1. The Morgan fingerprint density at radius 1 is 1.20 bits per heavy atom. The monoisotopic (exact) mass is 272 g/mol.